The van der Waals surface area contributed by atoms with Crippen LogP contribution in [0.15, 0.2) is 36.6 Å². The Kier molecular flexibility index (Phi) is 1.35. The first-order chi connectivity index (χ1) is 9.28. The van der Waals surface area contributed by atoms with Gasteiger partial charge in [-0.3, -0.25) is 0 Å². The monoisotopic (exact) mass is 207 g/mol. The summed E-state index contributed by atoms with van der Waals surface area (Å²) < 4.78 is 39.9. The molecule has 0 bridgehead atoms. The van der Waals surface area contributed by atoms with E-state index >= 15 is 0 Å². The van der Waals surface area contributed by atoms with Crippen LogP contribution in [-0.2, 0) is 4.74 Å². The van der Waals surface area contributed by atoms with Crippen molar-refractivity contribution >= 4 is 5.97 Å². The fourth-order valence-corrected chi connectivity index (χ4v) is 1.25. The van der Waals surface area contributed by atoms with Gasteiger partial charge in [0.05, 0.1) is 19.5 Å². The lowest BCUT2D eigenvalue weighted by Crippen LogP contribution is -2.03. The number of H-pyrrole nitrogens is 1. The van der Waals surface area contributed by atoms with E-state index in [-0.39, 0.29) is 29.3 Å². The van der Waals surface area contributed by atoms with Crippen molar-refractivity contribution in [1.29, 1.82) is 0 Å². The van der Waals surface area contributed by atoms with Gasteiger partial charge in [0.15, 0.2) is 0 Å². The number of methoxy groups -OCH3 is 1. The van der Waals surface area contributed by atoms with Crippen molar-refractivity contribution in [2.75, 3.05) is 7.04 Å². The van der Waals surface area contributed by atoms with Crippen molar-refractivity contribution in [1.82, 2.24) is 9.97 Å². The van der Waals surface area contributed by atoms with Crippen molar-refractivity contribution < 1.29 is 16.4 Å². The lowest BCUT2D eigenvalue weighted by Gasteiger charge is -2.04. The molecule has 0 aliphatic heterocycles. The highest BCUT2D eigenvalue weighted by Gasteiger charge is 2.13. The van der Waals surface area contributed by atoms with E-state index in [0.717, 1.165) is 0 Å². The minimum atomic E-state index is -2.84. The predicted molar refractivity (Wildman–Crippen MR) is 55.4 cm³/mol. The van der Waals surface area contributed by atoms with Gasteiger partial charge >= 0.3 is 5.97 Å². The van der Waals surface area contributed by atoms with Crippen LogP contribution in [0.1, 0.15) is 17.2 Å². The number of nitrogens with one attached hydrogen (secondary N) is 1. The zero-order chi connectivity index (χ0) is 14.9. The Labute approximate surface area is 93.9 Å². The van der Waals surface area contributed by atoms with Crippen LogP contribution >= 0.6 is 0 Å². The smallest absolute Gasteiger partial charge is 0.338 e. The number of aromatic nitrogens is 2. The number of hydrogen-bond donors (Lipinski definition) is 1. The number of imidazole rings is 1. The van der Waals surface area contributed by atoms with Crippen LogP contribution in [0.3, 0.4) is 0 Å². The van der Waals surface area contributed by atoms with Crippen LogP contribution in [0.5, 0.6) is 0 Å². The molecule has 15 heavy (non-hydrogen) atoms. The van der Waals surface area contributed by atoms with E-state index in [0.29, 0.717) is 0 Å². The highest BCUT2D eigenvalue weighted by molar-refractivity contribution is 5.96. The van der Waals surface area contributed by atoms with Gasteiger partial charge in [0.25, 0.3) is 0 Å². The molecule has 2 aromatic rings. The quantitative estimate of drug-likeness (QED) is 0.765. The van der Waals surface area contributed by atoms with Crippen LogP contribution < -0.4 is 0 Å². The molecule has 0 saturated heterocycles. The lowest BCUT2D eigenvalue weighted by molar-refractivity contribution is 0.0601. The Balaban J connectivity index is 2.43. The van der Waals surface area contributed by atoms with Gasteiger partial charge in [-0.05, 0) is 6.07 Å². The highest BCUT2D eigenvalue weighted by Crippen LogP contribution is 2.20. The summed E-state index contributed by atoms with van der Waals surface area (Å²) in [5, 5.41) is 0. The van der Waals surface area contributed by atoms with Crippen molar-refractivity contribution in [2.45, 2.75) is 0 Å². The molecule has 0 unspecified atom stereocenters. The number of benzene rings is 1. The van der Waals surface area contributed by atoms with Crippen molar-refractivity contribution in [3.63, 3.8) is 0 Å². The summed E-state index contributed by atoms with van der Waals surface area (Å²) in [7, 11) is -2.84. The topological polar surface area (TPSA) is 55.0 Å². The number of hydrogen-bond acceptors (Lipinski definition) is 3. The number of carbonyl (C=O) groups excluding carboxylic acids is 1. The summed E-state index contributed by atoms with van der Waals surface area (Å²) in [6.07, 6.45) is -0.460. The summed E-state index contributed by atoms with van der Waals surface area (Å²) in [6, 6.07) is 6.08. The second-order valence-electron chi connectivity index (χ2n) is 2.76. The Morgan fingerprint density at radius 1 is 1.60 bits per heavy atom. The minimum Gasteiger partial charge on any atom is -0.465 e. The van der Waals surface area contributed by atoms with Gasteiger partial charge in [-0.2, -0.15) is 0 Å². The molecule has 1 aromatic heterocycles. The fourth-order valence-electron chi connectivity index (χ4n) is 1.25. The average molecular weight is 207 g/mol. The molecule has 1 heterocycles. The van der Waals surface area contributed by atoms with Crippen molar-refractivity contribution in [3.05, 3.63) is 42.2 Å². The number of aromatic amines is 1. The van der Waals surface area contributed by atoms with Crippen molar-refractivity contribution in [3.8, 4) is 11.4 Å². The minimum absolute atomic E-state index is 0.00243. The molecule has 0 radical (unpaired) electrons. The number of nitrogens with zero attached hydrogens (tertiary/aromatic N) is 1. The fraction of sp³-hybridized carbons (Fsp3) is 0.0909. The number of ether oxygens (including phenoxy) is 1. The van der Waals surface area contributed by atoms with E-state index in [2.05, 4.69) is 14.7 Å². The molecular formula is C11H10N2O2. The number of esters is 1. The van der Waals surface area contributed by atoms with Gasteiger partial charge < -0.3 is 9.72 Å². The summed E-state index contributed by atoms with van der Waals surface area (Å²) in [4.78, 5) is 18.2. The second kappa shape index (κ2) is 3.96. The van der Waals surface area contributed by atoms with Crippen LogP contribution in [-0.4, -0.2) is 23.0 Å². The molecule has 4 nitrogen and oxygen atoms in total. The van der Waals surface area contributed by atoms with Gasteiger partial charge in [-0.1, -0.05) is 18.2 Å². The molecule has 0 saturated carbocycles. The standard InChI is InChI=1S/C11H10N2O2/c1-15-11(14)9-5-3-2-4-8(9)10-12-6-7-13-10/h2-7H,1H3,(H,12,13)/i1D3,6D,7D. The molecule has 0 amide bonds. The SMILES string of the molecule is [2H]c1nc(-c2ccccc2C(=O)OC([2H])([2H])[2H])[nH]c1[2H]. The molecule has 0 aliphatic rings. The van der Waals surface area contributed by atoms with Gasteiger partial charge in [0, 0.05) is 17.9 Å². The Morgan fingerprint density at radius 3 is 3.20 bits per heavy atom. The number of carbonyl (C=O) groups is 1. The zero-order valence-corrected chi connectivity index (χ0v) is 7.57. The molecule has 0 aliphatic carbocycles. The maximum atomic E-state index is 11.8. The molecule has 0 fully saturated rings. The second-order valence-corrected chi connectivity index (χ2v) is 2.76. The van der Waals surface area contributed by atoms with Crippen LogP contribution in [0.4, 0.5) is 0 Å². The summed E-state index contributed by atoms with van der Waals surface area (Å²) >= 11 is 0. The Hall–Kier alpha value is -2.10. The van der Waals surface area contributed by atoms with Gasteiger partial charge in [0.1, 0.15) is 5.82 Å². The van der Waals surface area contributed by atoms with E-state index in [9.17, 15) is 4.79 Å². The Bertz CT molecular complexity index is 631. The summed E-state index contributed by atoms with van der Waals surface area (Å²) in [5.41, 5.74) is 0.270. The zero-order valence-electron chi connectivity index (χ0n) is 12.6. The number of rotatable bonds is 2. The van der Waals surface area contributed by atoms with Gasteiger partial charge in [0.2, 0.25) is 0 Å². The van der Waals surface area contributed by atoms with E-state index in [4.69, 9.17) is 6.85 Å². The van der Waals surface area contributed by atoms with E-state index in [1.54, 1.807) is 12.1 Å². The molecule has 0 atom stereocenters. The first-order valence-corrected chi connectivity index (χ1v) is 4.14. The molecule has 0 spiro atoms. The van der Waals surface area contributed by atoms with E-state index in [1.807, 2.05) is 0 Å². The third-order valence-electron chi connectivity index (χ3n) is 1.90. The molecule has 2 rings (SSSR count). The first-order valence-electron chi connectivity index (χ1n) is 6.64. The van der Waals surface area contributed by atoms with E-state index in [1.165, 1.54) is 12.1 Å². The summed E-state index contributed by atoms with van der Waals surface area (Å²) in [5.74, 6) is -0.881. The van der Waals surface area contributed by atoms with Gasteiger partial charge in [-0.25, -0.2) is 9.78 Å². The third kappa shape index (κ3) is 1.74. The average Bonchev–Trinajstić information content (AvgIpc) is 2.67. The maximum absolute atomic E-state index is 11.8. The normalized spacial score (nSPS) is 15.6. The van der Waals surface area contributed by atoms with E-state index < -0.39 is 13.0 Å². The lowest BCUT2D eigenvalue weighted by atomic mass is 10.1. The van der Waals surface area contributed by atoms with Crippen LogP contribution in [0, 0.1) is 0 Å². The third-order valence-corrected chi connectivity index (χ3v) is 1.90. The largest absolute Gasteiger partial charge is 0.465 e. The highest BCUT2D eigenvalue weighted by atomic mass is 16.5. The maximum Gasteiger partial charge on any atom is 0.338 e. The van der Waals surface area contributed by atoms with Gasteiger partial charge in [-0.15, -0.1) is 0 Å². The summed E-state index contributed by atoms with van der Waals surface area (Å²) in [6.45, 7) is 0. The van der Waals surface area contributed by atoms with Crippen LogP contribution in [0.25, 0.3) is 11.4 Å². The molecule has 4 heteroatoms. The van der Waals surface area contributed by atoms with Crippen LogP contribution in [0.2, 0.25) is 0 Å². The Morgan fingerprint density at radius 2 is 2.47 bits per heavy atom. The molecular weight excluding hydrogens is 192 g/mol. The molecule has 76 valence electrons. The molecule has 1 aromatic carbocycles. The molecule has 1 N–H and O–H groups in total. The first kappa shape index (κ1) is 5.11. The van der Waals surface area contributed by atoms with Crippen molar-refractivity contribution in [2.24, 2.45) is 0 Å². The predicted octanol–water partition coefficient (Wildman–Crippen LogP) is 1.86.